The molecule has 0 fully saturated rings. The number of carbonyl (C=O) groups excluding carboxylic acids is 3. The van der Waals surface area contributed by atoms with E-state index in [1.165, 1.54) is 7.05 Å². The zero-order valence-corrected chi connectivity index (χ0v) is 13.4. The molecule has 120 valence electrons. The molecule has 0 aromatic heterocycles. The SMILES string of the molecule is CNC(=O)CNC(=O)c1ccc(CNC(=O)C(C)(C)C)cc1. The standard InChI is InChI=1S/C16H23N3O3/c1-16(2,3)15(22)19-9-11-5-7-12(8-6-11)14(21)18-10-13(20)17-4/h5-8H,9-10H2,1-4H3,(H,17,20)(H,18,21)(H,19,22). The Hall–Kier alpha value is -2.37. The first-order chi connectivity index (χ1) is 10.2. The molecule has 0 spiro atoms. The van der Waals surface area contributed by atoms with Gasteiger partial charge in [0.25, 0.3) is 5.91 Å². The van der Waals surface area contributed by atoms with E-state index in [1.54, 1.807) is 24.3 Å². The van der Waals surface area contributed by atoms with Crippen molar-refractivity contribution in [1.82, 2.24) is 16.0 Å². The van der Waals surface area contributed by atoms with Crippen molar-refractivity contribution >= 4 is 17.7 Å². The van der Waals surface area contributed by atoms with Crippen LogP contribution in [0.4, 0.5) is 0 Å². The van der Waals surface area contributed by atoms with Gasteiger partial charge < -0.3 is 16.0 Å². The van der Waals surface area contributed by atoms with Crippen LogP contribution in [0, 0.1) is 5.41 Å². The lowest BCUT2D eigenvalue weighted by Gasteiger charge is -2.17. The van der Waals surface area contributed by atoms with E-state index >= 15 is 0 Å². The molecule has 0 unspecified atom stereocenters. The summed E-state index contributed by atoms with van der Waals surface area (Å²) in [6, 6.07) is 6.88. The van der Waals surface area contributed by atoms with Gasteiger partial charge in [0, 0.05) is 24.6 Å². The van der Waals surface area contributed by atoms with E-state index in [9.17, 15) is 14.4 Å². The van der Waals surface area contributed by atoms with Gasteiger partial charge in [-0.25, -0.2) is 0 Å². The molecule has 6 nitrogen and oxygen atoms in total. The Morgan fingerprint density at radius 2 is 1.59 bits per heavy atom. The van der Waals surface area contributed by atoms with Crippen molar-refractivity contribution in [3.8, 4) is 0 Å². The quantitative estimate of drug-likeness (QED) is 0.753. The van der Waals surface area contributed by atoms with Gasteiger partial charge in [0.2, 0.25) is 11.8 Å². The molecule has 22 heavy (non-hydrogen) atoms. The largest absolute Gasteiger partial charge is 0.358 e. The average molecular weight is 305 g/mol. The van der Waals surface area contributed by atoms with Gasteiger partial charge in [0.15, 0.2) is 0 Å². The summed E-state index contributed by atoms with van der Waals surface area (Å²) in [5, 5.41) is 7.79. The number of hydrogen-bond donors (Lipinski definition) is 3. The molecule has 0 bridgehead atoms. The van der Waals surface area contributed by atoms with Gasteiger partial charge >= 0.3 is 0 Å². The van der Waals surface area contributed by atoms with Crippen LogP contribution < -0.4 is 16.0 Å². The fraction of sp³-hybridized carbons (Fsp3) is 0.438. The van der Waals surface area contributed by atoms with Gasteiger partial charge in [0.05, 0.1) is 6.54 Å². The van der Waals surface area contributed by atoms with Gasteiger partial charge in [0.1, 0.15) is 0 Å². The Kier molecular flexibility index (Phi) is 6.10. The molecule has 3 N–H and O–H groups in total. The Balaban J connectivity index is 2.54. The van der Waals surface area contributed by atoms with E-state index in [-0.39, 0.29) is 24.3 Å². The van der Waals surface area contributed by atoms with Crippen LogP contribution in [-0.4, -0.2) is 31.3 Å². The summed E-state index contributed by atoms with van der Waals surface area (Å²) in [4.78, 5) is 34.7. The van der Waals surface area contributed by atoms with Gasteiger partial charge in [-0.15, -0.1) is 0 Å². The molecule has 1 rings (SSSR count). The monoisotopic (exact) mass is 305 g/mol. The molecule has 0 atom stereocenters. The molecule has 0 saturated heterocycles. The van der Waals surface area contributed by atoms with E-state index in [2.05, 4.69) is 16.0 Å². The lowest BCUT2D eigenvalue weighted by Crippen LogP contribution is -2.35. The summed E-state index contributed by atoms with van der Waals surface area (Å²) in [5.74, 6) is -0.594. The van der Waals surface area contributed by atoms with Gasteiger partial charge in [-0.05, 0) is 17.7 Å². The maximum absolute atomic E-state index is 11.8. The highest BCUT2D eigenvalue weighted by Crippen LogP contribution is 2.13. The second kappa shape index (κ2) is 7.59. The highest BCUT2D eigenvalue weighted by Gasteiger charge is 2.20. The topological polar surface area (TPSA) is 87.3 Å². The Labute approximate surface area is 130 Å². The van der Waals surface area contributed by atoms with Crippen molar-refractivity contribution in [3.63, 3.8) is 0 Å². The first-order valence-electron chi connectivity index (χ1n) is 7.10. The zero-order chi connectivity index (χ0) is 16.8. The lowest BCUT2D eigenvalue weighted by atomic mass is 9.95. The van der Waals surface area contributed by atoms with Crippen LogP contribution in [0.15, 0.2) is 24.3 Å². The maximum Gasteiger partial charge on any atom is 0.251 e. The zero-order valence-electron chi connectivity index (χ0n) is 13.4. The second-order valence-electron chi connectivity index (χ2n) is 5.99. The molecule has 0 aliphatic rings. The Bertz CT molecular complexity index is 545. The number of rotatable bonds is 5. The molecular weight excluding hydrogens is 282 g/mol. The van der Waals surface area contributed by atoms with Gasteiger partial charge in [-0.2, -0.15) is 0 Å². The van der Waals surface area contributed by atoms with Crippen LogP contribution in [0.5, 0.6) is 0 Å². The van der Waals surface area contributed by atoms with E-state index in [0.29, 0.717) is 12.1 Å². The van der Waals surface area contributed by atoms with E-state index in [0.717, 1.165) is 5.56 Å². The molecule has 0 saturated carbocycles. The van der Waals surface area contributed by atoms with Gasteiger partial charge in [-0.1, -0.05) is 32.9 Å². The molecule has 0 aliphatic carbocycles. The molecule has 0 heterocycles. The first-order valence-corrected chi connectivity index (χ1v) is 7.10. The van der Waals surface area contributed by atoms with Crippen LogP contribution in [0.25, 0.3) is 0 Å². The number of hydrogen-bond acceptors (Lipinski definition) is 3. The van der Waals surface area contributed by atoms with Crippen LogP contribution in [0.3, 0.4) is 0 Å². The molecule has 3 amide bonds. The van der Waals surface area contributed by atoms with Crippen LogP contribution in [0.1, 0.15) is 36.7 Å². The van der Waals surface area contributed by atoms with E-state index < -0.39 is 5.41 Å². The highest BCUT2D eigenvalue weighted by molar-refractivity contribution is 5.96. The van der Waals surface area contributed by atoms with Crippen molar-refractivity contribution in [2.24, 2.45) is 5.41 Å². The minimum atomic E-state index is -0.431. The second-order valence-corrected chi connectivity index (χ2v) is 5.99. The third-order valence-corrected chi connectivity index (χ3v) is 3.04. The summed E-state index contributed by atoms with van der Waals surface area (Å²) < 4.78 is 0. The van der Waals surface area contributed by atoms with Crippen molar-refractivity contribution < 1.29 is 14.4 Å². The number of likely N-dealkylation sites (N-methyl/N-ethyl adjacent to an activating group) is 1. The third kappa shape index (κ3) is 5.55. The summed E-state index contributed by atoms with van der Waals surface area (Å²) in [6.07, 6.45) is 0. The fourth-order valence-electron chi connectivity index (χ4n) is 1.57. The number of nitrogens with one attached hydrogen (secondary N) is 3. The highest BCUT2D eigenvalue weighted by atomic mass is 16.2. The Morgan fingerprint density at radius 3 is 2.09 bits per heavy atom. The first kappa shape index (κ1) is 17.7. The predicted octanol–water partition coefficient (Wildman–Crippen LogP) is 0.825. The number of benzene rings is 1. The van der Waals surface area contributed by atoms with Gasteiger partial charge in [-0.3, -0.25) is 14.4 Å². The summed E-state index contributed by atoms with van der Waals surface area (Å²) in [5.41, 5.74) is 0.940. The maximum atomic E-state index is 11.8. The molecule has 6 heteroatoms. The van der Waals surface area contributed by atoms with Crippen molar-refractivity contribution in [3.05, 3.63) is 35.4 Å². The predicted molar refractivity (Wildman–Crippen MR) is 84.1 cm³/mol. The Morgan fingerprint density at radius 1 is 1.00 bits per heavy atom. The molecule has 0 aliphatic heterocycles. The smallest absolute Gasteiger partial charge is 0.251 e. The normalized spacial score (nSPS) is 10.7. The lowest BCUT2D eigenvalue weighted by molar-refractivity contribution is -0.128. The van der Waals surface area contributed by atoms with Crippen LogP contribution in [0.2, 0.25) is 0 Å². The molecule has 1 aromatic rings. The van der Waals surface area contributed by atoms with Crippen LogP contribution >= 0.6 is 0 Å². The molecule has 1 aromatic carbocycles. The number of carbonyl (C=O) groups is 3. The molecule has 0 radical (unpaired) electrons. The summed E-state index contributed by atoms with van der Waals surface area (Å²) in [7, 11) is 1.51. The summed E-state index contributed by atoms with van der Waals surface area (Å²) in [6.45, 7) is 5.90. The van der Waals surface area contributed by atoms with E-state index in [1.807, 2.05) is 20.8 Å². The minimum absolute atomic E-state index is 0.0279. The fourth-order valence-corrected chi connectivity index (χ4v) is 1.57. The van der Waals surface area contributed by atoms with Crippen molar-refractivity contribution in [1.29, 1.82) is 0 Å². The van der Waals surface area contributed by atoms with E-state index in [4.69, 9.17) is 0 Å². The average Bonchev–Trinajstić information content (AvgIpc) is 2.49. The summed E-state index contributed by atoms with van der Waals surface area (Å²) >= 11 is 0. The molecular formula is C16H23N3O3. The third-order valence-electron chi connectivity index (χ3n) is 3.04. The van der Waals surface area contributed by atoms with Crippen LogP contribution in [-0.2, 0) is 16.1 Å². The minimum Gasteiger partial charge on any atom is -0.358 e. The van der Waals surface area contributed by atoms with Crippen molar-refractivity contribution in [2.45, 2.75) is 27.3 Å². The number of amides is 3. The van der Waals surface area contributed by atoms with Crippen molar-refractivity contribution in [2.75, 3.05) is 13.6 Å².